The van der Waals surface area contributed by atoms with E-state index in [-0.39, 0.29) is 11.9 Å². The highest BCUT2D eigenvalue weighted by Gasteiger charge is 2.28. The van der Waals surface area contributed by atoms with Crippen molar-refractivity contribution in [2.45, 2.75) is 51.6 Å². The Hall–Kier alpha value is -1.42. The van der Waals surface area contributed by atoms with Crippen molar-refractivity contribution in [1.29, 1.82) is 0 Å². The molecule has 4 heteroatoms. The van der Waals surface area contributed by atoms with Crippen LogP contribution in [-0.2, 0) is 4.79 Å². The largest absolute Gasteiger partial charge is 0.480 e. The zero-order valence-corrected chi connectivity index (χ0v) is 12.0. The van der Waals surface area contributed by atoms with E-state index in [2.05, 4.69) is 12.2 Å². The summed E-state index contributed by atoms with van der Waals surface area (Å²) in [6.07, 6.45) is 4.49. The van der Waals surface area contributed by atoms with Crippen molar-refractivity contribution in [1.82, 2.24) is 5.32 Å². The lowest BCUT2D eigenvalue weighted by molar-refractivity contribution is -0.140. The Kier molecular flexibility index (Phi) is 4.76. The van der Waals surface area contributed by atoms with Crippen LogP contribution in [0.15, 0.2) is 18.2 Å². The van der Waals surface area contributed by atoms with Gasteiger partial charge in [-0.2, -0.15) is 0 Å². The van der Waals surface area contributed by atoms with E-state index >= 15 is 0 Å². The van der Waals surface area contributed by atoms with E-state index in [0.29, 0.717) is 17.0 Å². The second kappa shape index (κ2) is 6.35. The van der Waals surface area contributed by atoms with Gasteiger partial charge in [0.1, 0.15) is 11.9 Å². The van der Waals surface area contributed by atoms with E-state index in [1.165, 1.54) is 12.5 Å². The number of hydrogen-bond donors (Lipinski definition) is 2. The molecule has 3 atom stereocenters. The standard InChI is InChI=1S/C16H22FNO2/c1-10-5-3-4-6-14(10)18-15(16(19)20)12-7-8-13(17)11(2)9-12/h7-10,14-15,18H,3-6H2,1-2H3,(H,19,20). The SMILES string of the molecule is Cc1cc(C(NC2CCCCC2C)C(=O)O)ccc1F. The van der Waals surface area contributed by atoms with Gasteiger partial charge in [0.25, 0.3) is 0 Å². The smallest absolute Gasteiger partial charge is 0.325 e. The summed E-state index contributed by atoms with van der Waals surface area (Å²) in [6.45, 7) is 3.81. The molecule has 1 aliphatic rings. The molecule has 2 rings (SSSR count). The van der Waals surface area contributed by atoms with E-state index < -0.39 is 12.0 Å². The Balaban J connectivity index is 2.18. The number of carboxylic acids is 1. The Labute approximate surface area is 119 Å². The minimum absolute atomic E-state index is 0.218. The van der Waals surface area contributed by atoms with Gasteiger partial charge in [0.15, 0.2) is 0 Å². The van der Waals surface area contributed by atoms with Gasteiger partial charge in [-0.3, -0.25) is 10.1 Å². The summed E-state index contributed by atoms with van der Waals surface area (Å²) < 4.78 is 13.3. The molecule has 0 aliphatic heterocycles. The first-order valence-electron chi connectivity index (χ1n) is 7.24. The molecule has 0 heterocycles. The van der Waals surface area contributed by atoms with Crippen molar-refractivity contribution in [3.63, 3.8) is 0 Å². The number of aryl methyl sites for hydroxylation is 1. The summed E-state index contributed by atoms with van der Waals surface area (Å²) in [5, 5.41) is 12.7. The van der Waals surface area contributed by atoms with Crippen LogP contribution in [0.2, 0.25) is 0 Å². The molecule has 2 N–H and O–H groups in total. The molecule has 0 bridgehead atoms. The number of nitrogens with one attached hydrogen (secondary N) is 1. The van der Waals surface area contributed by atoms with Crippen molar-refractivity contribution >= 4 is 5.97 Å². The maximum absolute atomic E-state index is 13.3. The third-order valence-electron chi connectivity index (χ3n) is 4.25. The van der Waals surface area contributed by atoms with Crippen LogP contribution in [-0.4, -0.2) is 17.1 Å². The van der Waals surface area contributed by atoms with Crippen molar-refractivity contribution in [2.75, 3.05) is 0 Å². The zero-order chi connectivity index (χ0) is 14.7. The number of hydrogen-bond acceptors (Lipinski definition) is 2. The molecule has 20 heavy (non-hydrogen) atoms. The van der Waals surface area contributed by atoms with Crippen LogP contribution in [0.25, 0.3) is 0 Å². The molecular formula is C16H22FNO2. The third kappa shape index (κ3) is 3.37. The Morgan fingerprint density at radius 3 is 2.70 bits per heavy atom. The summed E-state index contributed by atoms with van der Waals surface area (Å²) in [5.74, 6) is -0.732. The van der Waals surface area contributed by atoms with Crippen LogP contribution in [0, 0.1) is 18.7 Å². The van der Waals surface area contributed by atoms with Crippen molar-refractivity contribution in [3.8, 4) is 0 Å². The molecule has 0 aromatic heterocycles. The average molecular weight is 279 g/mol. The first kappa shape index (κ1) is 15.0. The van der Waals surface area contributed by atoms with Gasteiger partial charge >= 0.3 is 5.97 Å². The van der Waals surface area contributed by atoms with Gasteiger partial charge in [-0.1, -0.05) is 31.9 Å². The van der Waals surface area contributed by atoms with E-state index in [4.69, 9.17) is 0 Å². The summed E-state index contributed by atoms with van der Waals surface area (Å²) >= 11 is 0. The second-order valence-electron chi connectivity index (χ2n) is 5.81. The van der Waals surface area contributed by atoms with Crippen molar-refractivity contribution in [3.05, 3.63) is 35.1 Å². The summed E-state index contributed by atoms with van der Waals surface area (Å²) in [4.78, 5) is 11.5. The molecule has 0 amide bonds. The van der Waals surface area contributed by atoms with Crippen LogP contribution < -0.4 is 5.32 Å². The number of rotatable bonds is 4. The van der Waals surface area contributed by atoms with Crippen molar-refractivity contribution < 1.29 is 14.3 Å². The zero-order valence-electron chi connectivity index (χ0n) is 12.0. The third-order valence-corrected chi connectivity index (χ3v) is 4.25. The number of aliphatic carboxylic acids is 1. The number of halogens is 1. The molecule has 3 unspecified atom stereocenters. The topological polar surface area (TPSA) is 49.3 Å². The second-order valence-corrected chi connectivity index (χ2v) is 5.81. The molecule has 1 fully saturated rings. The van der Waals surface area contributed by atoms with E-state index in [0.717, 1.165) is 19.3 Å². The Morgan fingerprint density at radius 2 is 2.10 bits per heavy atom. The predicted molar refractivity (Wildman–Crippen MR) is 76.1 cm³/mol. The van der Waals surface area contributed by atoms with Gasteiger partial charge < -0.3 is 5.11 Å². The predicted octanol–water partition coefficient (Wildman–Crippen LogP) is 3.43. The molecule has 1 aliphatic carbocycles. The molecule has 0 radical (unpaired) electrons. The maximum atomic E-state index is 13.3. The van der Waals surface area contributed by atoms with Crippen molar-refractivity contribution in [2.24, 2.45) is 5.92 Å². The molecule has 3 nitrogen and oxygen atoms in total. The van der Waals surface area contributed by atoms with Crippen LogP contribution in [0.5, 0.6) is 0 Å². The lowest BCUT2D eigenvalue weighted by atomic mass is 9.85. The van der Waals surface area contributed by atoms with Gasteiger partial charge in [0.05, 0.1) is 0 Å². The molecule has 1 saturated carbocycles. The van der Waals surface area contributed by atoms with Gasteiger partial charge in [-0.05, 0) is 42.9 Å². The van der Waals surface area contributed by atoms with Crippen LogP contribution >= 0.6 is 0 Å². The van der Waals surface area contributed by atoms with Gasteiger partial charge in [0.2, 0.25) is 0 Å². The lowest BCUT2D eigenvalue weighted by Crippen LogP contribution is -2.42. The molecule has 1 aromatic rings. The van der Waals surface area contributed by atoms with E-state index in [9.17, 15) is 14.3 Å². The number of carboxylic acid groups (broad SMARTS) is 1. The first-order chi connectivity index (χ1) is 9.49. The molecular weight excluding hydrogens is 257 g/mol. The molecule has 110 valence electrons. The fourth-order valence-corrected chi connectivity index (χ4v) is 2.94. The molecule has 0 spiro atoms. The number of carbonyl (C=O) groups is 1. The van der Waals surface area contributed by atoms with Gasteiger partial charge in [-0.25, -0.2) is 4.39 Å². The monoisotopic (exact) mass is 279 g/mol. The fourth-order valence-electron chi connectivity index (χ4n) is 2.94. The minimum atomic E-state index is -0.909. The highest BCUT2D eigenvalue weighted by Crippen LogP contribution is 2.27. The highest BCUT2D eigenvalue weighted by molar-refractivity contribution is 5.75. The Morgan fingerprint density at radius 1 is 1.40 bits per heavy atom. The normalized spacial score (nSPS) is 24.4. The Bertz CT molecular complexity index is 489. The van der Waals surface area contributed by atoms with E-state index in [1.807, 2.05) is 0 Å². The van der Waals surface area contributed by atoms with Crippen LogP contribution in [0.3, 0.4) is 0 Å². The summed E-state index contributed by atoms with van der Waals surface area (Å²) in [5.41, 5.74) is 1.10. The number of benzene rings is 1. The summed E-state index contributed by atoms with van der Waals surface area (Å²) in [6, 6.07) is 3.97. The first-order valence-corrected chi connectivity index (χ1v) is 7.24. The van der Waals surface area contributed by atoms with Gasteiger partial charge in [0, 0.05) is 6.04 Å². The van der Waals surface area contributed by atoms with Gasteiger partial charge in [-0.15, -0.1) is 0 Å². The van der Waals surface area contributed by atoms with Crippen LogP contribution in [0.4, 0.5) is 4.39 Å². The summed E-state index contributed by atoms with van der Waals surface area (Å²) in [7, 11) is 0. The minimum Gasteiger partial charge on any atom is -0.480 e. The van der Waals surface area contributed by atoms with Crippen LogP contribution in [0.1, 0.15) is 49.8 Å². The van der Waals surface area contributed by atoms with E-state index in [1.54, 1.807) is 19.1 Å². The average Bonchev–Trinajstić information content (AvgIpc) is 2.41. The maximum Gasteiger partial charge on any atom is 0.325 e. The fraction of sp³-hybridized carbons (Fsp3) is 0.562. The molecule has 0 saturated heterocycles. The molecule has 1 aromatic carbocycles. The lowest BCUT2D eigenvalue weighted by Gasteiger charge is -2.32. The highest BCUT2D eigenvalue weighted by atomic mass is 19.1. The quantitative estimate of drug-likeness (QED) is 0.887.